The van der Waals surface area contributed by atoms with Gasteiger partial charge in [0.25, 0.3) is 10.0 Å². The van der Waals surface area contributed by atoms with Gasteiger partial charge in [0.15, 0.2) is 0 Å². The van der Waals surface area contributed by atoms with E-state index in [-0.39, 0.29) is 11.4 Å². The average Bonchev–Trinajstić information content (AvgIpc) is 3.37. The van der Waals surface area contributed by atoms with Gasteiger partial charge in [0.05, 0.1) is 17.2 Å². The van der Waals surface area contributed by atoms with Crippen molar-refractivity contribution in [3.8, 4) is 11.4 Å². The molecule has 38 heavy (non-hydrogen) atoms. The van der Waals surface area contributed by atoms with Gasteiger partial charge in [-0.15, -0.1) is 11.8 Å². The van der Waals surface area contributed by atoms with E-state index >= 15 is 0 Å². The summed E-state index contributed by atoms with van der Waals surface area (Å²) < 4.78 is 36.3. The Morgan fingerprint density at radius 1 is 1.05 bits per heavy atom. The number of imidazole rings is 1. The van der Waals surface area contributed by atoms with E-state index in [0.29, 0.717) is 18.0 Å². The monoisotopic (exact) mass is 550 g/mol. The Labute approximate surface area is 227 Å². The van der Waals surface area contributed by atoms with Crippen molar-refractivity contribution in [2.45, 2.75) is 30.2 Å². The number of aromatic nitrogens is 2. The molecule has 1 aromatic heterocycles. The number of benzene rings is 3. The molecule has 4 rings (SSSR count). The smallest absolute Gasteiger partial charge is 0.264 e. The number of thioether (sulfide) groups is 1. The van der Waals surface area contributed by atoms with Crippen LogP contribution in [0.1, 0.15) is 18.3 Å². The van der Waals surface area contributed by atoms with E-state index in [1.54, 1.807) is 54.7 Å². The summed E-state index contributed by atoms with van der Waals surface area (Å²) in [5, 5.41) is 2.85. The van der Waals surface area contributed by atoms with Crippen molar-refractivity contribution in [2.75, 3.05) is 23.7 Å². The number of hydrogen-bond donors (Lipinski definition) is 1. The molecule has 0 bridgehead atoms. The molecule has 0 fully saturated rings. The number of carbonyl (C=O) groups excluding carboxylic acids is 1. The highest BCUT2D eigenvalue weighted by atomic mass is 32.2. The SMILES string of the molecule is CCOc1ccccc1N(CC(=O)NCc1ccc(-n2ccnc2C)cc1)S(=O)(=O)c1ccc(SC)cc1. The Kier molecular flexibility index (Phi) is 8.75. The van der Waals surface area contributed by atoms with Crippen LogP contribution in [-0.2, 0) is 21.4 Å². The molecule has 0 saturated carbocycles. The maximum atomic E-state index is 13.8. The quantitative estimate of drug-likeness (QED) is 0.269. The normalized spacial score (nSPS) is 11.2. The fourth-order valence-electron chi connectivity index (χ4n) is 3.93. The lowest BCUT2D eigenvalue weighted by Crippen LogP contribution is -2.40. The molecule has 0 spiro atoms. The molecular formula is C28H30N4O4S2. The molecule has 1 N–H and O–H groups in total. The molecule has 198 valence electrons. The second kappa shape index (κ2) is 12.2. The van der Waals surface area contributed by atoms with Gasteiger partial charge in [-0.1, -0.05) is 24.3 Å². The van der Waals surface area contributed by atoms with Gasteiger partial charge in [0.1, 0.15) is 18.1 Å². The molecule has 0 aliphatic rings. The number of sulfonamides is 1. The third kappa shape index (κ3) is 6.20. The molecule has 0 atom stereocenters. The Morgan fingerprint density at radius 2 is 1.76 bits per heavy atom. The molecule has 1 heterocycles. The second-order valence-corrected chi connectivity index (χ2v) is 11.1. The maximum Gasteiger partial charge on any atom is 0.264 e. The van der Waals surface area contributed by atoms with E-state index < -0.39 is 22.5 Å². The number of ether oxygens (including phenoxy) is 1. The lowest BCUT2D eigenvalue weighted by molar-refractivity contribution is -0.119. The summed E-state index contributed by atoms with van der Waals surface area (Å²) in [4.78, 5) is 18.3. The van der Waals surface area contributed by atoms with Crippen LogP contribution in [0.4, 0.5) is 5.69 Å². The van der Waals surface area contributed by atoms with Crippen molar-refractivity contribution in [3.05, 3.63) is 96.6 Å². The number of rotatable bonds is 11. The van der Waals surface area contributed by atoms with Crippen molar-refractivity contribution < 1.29 is 17.9 Å². The Bertz CT molecular complexity index is 1480. The van der Waals surface area contributed by atoms with Gasteiger partial charge in [0.2, 0.25) is 5.91 Å². The molecule has 0 radical (unpaired) electrons. The van der Waals surface area contributed by atoms with Gasteiger partial charge in [0, 0.05) is 29.5 Å². The number of aryl methyl sites for hydroxylation is 1. The summed E-state index contributed by atoms with van der Waals surface area (Å²) in [5.41, 5.74) is 2.16. The average molecular weight is 551 g/mol. The van der Waals surface area contributed by atoms with E-state index in [9.17, 15) is 13.2 Å². The highest BCUT2D eigenvalue weighted by Gasteiger charge is 2.29. The molecule has 1 amide bonds. The molecule has 4 aromatic rings. The Hall–Kier alpha value is -3.76. The van der Waals surface area contributed by atoms with Gasteiger partial charge in [-0.25, -0.2) is 13.4 Å². The molecule has 0 unspecified atom stereocenters. The van der Waals surface area contributed by atoms with E-state index in [1.165, 1.54) is 11.8 Å². The van der Waals surface area contributed by atoms with Crippen molar-refractivity contribution in [1.29, 1.82) is 0 Å². The number of anilines is 1. The molecule has 3 aromatic carbocycles. The Morgan fingerprint density at radius 3 is 2.39 bits per heavy atom. The summed E-state index contributed by atoms with van der Waals surface area (Å²) in [7, 11) is -4.06. The first-order valence-corrected chi connectivity index (χ1v) is 14.7. The van der Waals surface area contributed by atoms with Crippen LogP contribution in [0.2, 0.25) is 0 Å². The zero-order valence-corrected chi connectivity index (χ0v) is 23.1. The van der Waals surface area contributed by atoms with E-state index in [2.05, 4.69) is 10.3 Å². The highest BCUT2D eigenvalue weighted by molar-refractivity contribution is 7.98. The standard InChI is InChI=1S/C28H30N4O4S2/c1-4-36-27-8-6-5-7-26(27)32(38(34,35)25-15-13-24(37-3)14-16-25)20-28(33)30-19-22-9-11-23(12-10-22)31-18-17-29-21(31)2/h5-18H,4,19-20H2,1-3H3,(H,30,33). The van der Waals surface area contributed by atoms with E-state index in [1.807, 2.05) is 55.1 Å². The largest absolute Gasteiger partial charge is 0.492 e. The number of hydrogen-bond acceptors (Lipinski definition) is 6. The lowest BCUT2D eigenvalue weighted by atomic mass is 10.2. The molecule has 0 saturated heterocycles. The van der Waals surface area contributed by atoms with E-state index in [0.717, 1.165) is 26.3 Å². The Balaban J connectivity index is 1.55. The lowest BCUT2D eigenvalue weighted by Gasteiger charge is -2.26. The molecule has 8 nitrogen and oxygen atoms in total. The minimum Gasteiger partial charge on any atom is -0.492 e. The number of nitrogens with zero attached hydrogens (tertiary/aromatic N) is 3. The molecule has 0 aliphatic carbocycles. The zero-order chi connectivity index (χ0) is 27.1. The van der Waals surface area contributed by atoms with Crippen LogP contribution >= 0.6 is 11.8 Å². The minimum absolute atomic E-state index is 0.0970. The van der Waals surface area contributed by atoms with Crippen molar-refractivity contribution >= 4 is 33.4 Å². The number of carbonyl (C=O) groups is 1. The van der Waals surface area contributed by atoms with Crippen LogP contribution in [0.25, 0.3) is 5.69 Å². The van der Waals surface area contributed by atoms with Crippen LogP contribution in [0, 0.1) is 6.92 Å². The molecular weight excluding hydrogens is 520 g/mol. The first kappa shape index (κ1) is 27.3. The summed E-state index contributed by atoms with van der Waals surface area (Å²) in [6.07, 6.45) is 5.55. The zero-order valence-electron chi connectivity index (χ0n) is 21.5. The summed E-state index contributed by atoms with van der Waals surface area (Å²) in [6, 6.07) is 21.2. The van der Waals surface area contributed by atoms with Crippen LogP contribution in [0.5, 0.6) is 5.75 Å². The summed E-state index contributed by atoms with van der Waals surface area (Å²) >= 11 is 1.52. The molecule has 0 aliphatic heterocycles. The van der Waals surface area contributed by atoms with Gasteiger partial charge in [-0.05, 0) is 74.2 Å². The predicted molar refractivity (Wildman–Crippen MR) is 151 cm³/mol. The predicted octanol–water partition coefficient (Wildman–Crippen LogP) is 4.81. The number of amides is 1. The van der Waals surface area contributed by atoms with Gasteiger partial charge in [-0.2, -0.15) is 0 Å². The highest BCUT2D eigenvalue weighted by Crippen LogP contribution is 2.33. The first-order valence-electron chi connectivity index (χ1n) is 12.1. The van der Waals surface area contributed by atoms with Crippen LogP contribution in [-0.4, -0.2) is 43.3 Å². The third-order valence-corrected chi connectivity index (χ3v) is 8.42. The van der Waals surface area contributed by atoms with Crippen LogP contribution < -0.4 is 14.4 Å². The summed E-state index contributed by atoms with van der Waals surface area (Å²) in [5.74, 6) is 0.829. The first-order chi connectivity index (χ1) is 18.3. The third-order valence-electron chi connectivity index (χ3n) is 5.90. The minimum atomic E-state index is -4.06. The van der Waals surface area contributed by atoms with Crippen LogP contribution in [0.3, 0.4) is 0 Å². The van der Waals surface area contributed by atoms with Crippen LogP contribution in [0.15, 0.2) is 95.0 Å². The van der Waals surface area contributed by atoms with Gasteiger partial charge in [-0.3, -0.25) is 9.10 Å². The summed E-state index contributed by atoms with van der Waals surface area (Å²) in [6.45, 7) is 3.96. The number of nitrogens with one attached hydrogen (secondary N) is 1. The fourth-order valence-corrected chi connectivity index (χ4v) is 5.77. The van der Waals surface area contributed by atoms with Crippen molar-refractivity contribution in [1.82, 2.24) is 14.9 Å². The topological polar surface area (TPSA) is 93.5 Å². The van der Waals surface area contributed by atoms with E-state index in [4.69, 9.17) is 4.74 Å². The molecule has 10 heteroatoms. The van der Waals surface area contributed by atoms with Crippen molar-refractivity contribution in [3.63, 3.8) is 0 Å². The van der Waals surface area contributed by atoms with Crippen molar-refractivity contribution in [2.24, 2.45) is 0 Å². The van der Waals surface area contributed by atoms with Gasteiger partial charge >= 0.3 is 0 Å². The fraction of sp³-hybridized carbons (Fsp3) is 0.214. The maximum absolute atomic E-state index is 13.8. The number of para-hydroxylation sites is 2. The second-order valence-electron chi connectivity index (χ2n) is 8.38. The van der Waals surface area contributed by atoms with Gasteiger partial charge < -0.3 is 14.6 Å².